The molecule has 3 aromatic rings. The summed E-state index contributed by atoms with van der Waals surface area (Å²) in [5.74, 6) is -1.19. The molecule has 0 atom stereocenters. The van der Waals surface area contributed by atoms with E-state index >= 15 is 0 Å². The van der Waals surface area contributed by atoms with Crippen LogP contribution in [-0.4, -0.2) is 4.98 Å². The highest BCUT2D eigenvalue weighted by molar-refractivity contribution is 5.85. The van der Waals surface area contributed by atoms with Crippen molar-refractivity contribution in [2.24, 2.45) is 0 Å². The van der Waals surface area contributed by atoms with E-state index in [0.29, 0.717) is 11.3 Å². The van der Waals surface area contributed by atoms with E-state index in [0.717, 1.165) is 16.8 Å². The average Bonchev–Trinajstić information content (AvgIpc) is 2.37. The van der Waals surface area contributed by atoms with Gasteiger partial charge in [0.1, 0.15) is 11.6 Å². The molecule has 18 heavy (non-hydrogen) atoms. The SMILES string of the molecule is Fc1cc(F)cc(-c2cc3ccccc3cn2)c1. The maximum absolute atomic E-state index is 13.2. The Balaban J connectivity index is 2.19. The van der Waals surface area contributed by atoms with E-state index < -0.39 is 11.6 Å². The number of aromatic nitrogens is 1. The Morgan fingerprint density at radius 1 is 0.778 bits per heavy atom. The van der Waals surface area contributed by atoms with Gasteiger partial charge in [0, 0.05) is 23.2 Å². The topological polar surface area (TPSA) is 12.9 Å². The van der Waals surface area contributed by atoms with Crippen LogP contribution in [0.5, 0.6) is 0 Å². The Morgan fingerprint density at radius 3 is 2.17 bits per heavy atom. The number of rotatable bonds is 1. The Hall–Kier alpha value is -2.29. The van der Waals surface area contributed by atoms with E-state index in [9.17, 15) is 8.78 Å². The molecule has 3 heteroatoms. The van der Waals surface area contributed by atoms with Gasteiger partial charge in [-0.15, -0.1) is 0 Å². The van der Waals surface area contributed by atoms with Crippen molar-refractivity contribution in [1.29, 1.82) is 0 Å². The highest BCUT2D eigenvalue weighted by Crippen LogP contribution is 2.23. The number of pyridine rings is 1. The van der Waals surface area contributed by atoms with Gasteiger partial charge in [0.15, 0.2) is 0 Å². The van der Waals surface area contributed by atoms with Gasteiger partial charge in [-0.25, -0.2) is 8.78 Å². The molecular formula is C15H9F2N. The number of hydrogen-bond acceptors (Lipinski definition) is 1. The van der Waals surface area contributed by atoms with E-state index in [1.807, 2.05) is 30.3 Å². The van der Waals surface area contributed by atoms with Gasteiger partial charge in [-0.1, -0.05) is 24.3 Å². The van der Waals surface area contributed by atoms with Crippen molar-refractivity contribution in [1.82, 2.24) is 4.98 Å². The van der Waals surface area contributed by atoms with E-state index in [1.54, 1.807) is 6.20 Å². The van der Waals surface area contributed by atoms with E-state index in [1.165, 1.54) is 12.1 Å². The number of halogens is 2. The quantitative estimate of drug-likeness (QED) is 0.622. The average molecular weight is 241 g/mol. The third kappa shape index (κ3) is 1.95. The van der Waals surface area contributed by atoms with Gasteiger partial charge in [0.2, 0.25) is 0 Å². The summed E-state index contributed by atoms with van der Waals surface area (Å²) < 4.78 is 26.3. The van der Waals surface area contributed by atoms with Crippen molar-refractivity contribution in [2.75, 3.05) is 0 Å². The third-order valence-electron chi connectivity index (χ3n) is 2.79. The van der Waals surface area contributed by atoms with Gasteiger partial charge in [-0.05, 0) is 23.6 Å². The number of nitrogens with zero attached hydrogens (tertiary/aromatic N) is 1. The first-order valence-electron chi connectivity index (χ1n) is 5.54. The molecule has 2 aromatic carbocycles. The molecule has 0 aliphatic carbocycles. The number of benzene rings is 2. The van der Waals surface area contributed by atoms with Crippen molar-refractivity contribution in [3.05, 3.63) is 66.4 Å². The fourth-order valence-corrected chi connectivity index (χ4v) is 1.94. The number of fused-ring (bicyclic) bond motifs is 1. The first kappa shape index (κ1) is 10.8. The molecule has 0 aliphatic rings. The Kier molecular flexibility index (Phi) is 2.52. The zero-order chi connectivity index (χ0) is 12.5. The van der Waals surface area contributed by atoms with Crippen LogP contribution in [-0.2, 0) is 0 Å². The van der Waals surface area contributed by atoms with E-state index in [-0.39, 0.29) is 0 Å². The molecule has 0 aliphatic heterocycles. The summed E-state index contributed by atoms with van der Waals surface area (Å²) in [4.78, 5) is 4.23. The molecule has 1 heterocycles. The molecule has 0 bridgehead atoms. The van der Waals surface area contributed by atoms with Gasteiger partial charge in [-0.2, -0.15) is 0 Å². The van der Waals surface area contributed by atoms with Gasteiger partial charge in [0.05, 0.1) is 5.69 Å². The second kappa shape index (κ2) is 4.18. The molecule has 3 rings (SSSR count). The third-order valence-corrected chi connectivity index (χ3v) is 2.79. The van der Waals surface area contributed by atoms with Crippen LogP contribution in [0.4, 0.5) is 8.78 Å². The van der Waals surface area contributed by atoms with Gasteiger partial charge >= 0.3 is 0 Å². The predicted molar refractivity (Wildman–Crippen MR) is 67.1 cm³/mol. The van der Waals surface area contributed by atoms with Crippen molar-refractivity contribution in [3.63, 3.8) is 0 Å². The summed E-state index contributed by atoms with van der Waals surface area (Å²) in [7, 11) is 0. The highest BCUT2D eigenvalue weighted by Gasteiger charge is 2.05. The maximum Gasteiger partial charge on any atom is 0.126 e. The van der Waals surface area contributed by atoms with Crippen molar-refractivity contribution in [2.45, 2.75) is 0 Å². The molecule has 1 nitrogen and oxygen atoms in total. The summed E-state index contributed by atoms with van der Waals surface area (Å²) >= 11 is 0. The maximum atomic E-state index is 13.2. The first-order chi connectivity index (χ1) is 8.72. The standard InChI is InChI=1S/C15H9F2N/c16-13-5-12(6-14(17)8-13)15-7-10-3-1-2-4-11(10)9-18-15/h1-9H. The van der Waals surface area contributed by atoms with Crippen molar-refractivity contribution >= 4 is 10.8 Å². The summed E-state index contributed by atoms with van der Waals surface area (Å²) in [6.07, 6.45) is 1.70. The van der Waals surface area contributed by atoms with Crippen LogP contribution in [0.25, 0.3) is 22.0 Å². The lowest BCUT2D eigenvalue weighted by molar-refractivity contribution is 0.584. The Labute approximate surface area is 103 Å². The molecule has 0 unspecified atom stereocenters. The van der Waals surface area contributed by atoms with Crippen LogP contribution >= 0.6 is 0 Å². The normalized spacial score (nSPS) is 10.8. The minimum Gasteiger partial charge on any atom is -0.256 e. The first-order valence-corrected chi connectivity index (χ1v) is 5.54. The molecule has 0 amide bonds. The zero-order valence-electron chi connectivity index (χ0n) is 9.40. The summed E-state index contributed by atoms with van der Waals surface area (Å²) in [5, 5.41) is 1.99. The highest BCUT2D eigenvalue weighted by atomic mass is 19.1. The largest absolute Gasteiger partial charge is 0.256 e. The molecule has 88 valence electrons. The molecular weight excluding hydrogens is 232 g/mol. The fraction of sp³-hybridized carbons (Fsp3) is 0. The monoisotopic (exact) mass is 241 g/mol. The summed E-state index contributed by atoms with van der Waals surface area (Å²) in [6, 6.07) is 13.0. The van der Waals surface area contributed by atoms with Crippen LogP contribution in [0.2, 0.25) is 0 Å². The Bertz CT molecular complexity index is 702. The lowest BCUT2D eigenvalue weighted by atomic mass is 10.1. The fourth-order valence-electron chi connectivity index (χ4n) is 1.94. The molecule has 0 radical (unpaired) electrons. The lowest BCUT2D eigenvalue weighted by Gasteiger charge is -2.03. The predicted octanol–water partition coefficient (Wildman–Crippen LogP) is 4.18. The van der Waals surface area contributed by atoms with Crippen molar-refractivity contribution < 1.29 is 8.78 Å². The second-order valence-electron chi connectivity index (χ2n) is 4.07. The minimum atomic E-state index is -0.597. The lowest BCUT2D eigenvalue weighted by Crippen LogP contribution is -1.87. The van der Waals surface area contributed by atoms with Crippen LogP contribution < -0.4 is 0 Å². The molecule has 0 fully saturated rings. The van der Waals surface area contributed by atoms with Crippen molar-refractivity contribution in [3.8, 4) is 11.3 Å². The summed E-state index contributed by atoms with van der Waals surface area (Å²) in [6.45, 7) is 0. The second-order valence-corrected chi connectivity index (χ2v) is 4.07. The van der Waals surface area contributed by atoms with Gasteiger partial charge in [-0.3, -0.25) is 4.98 Å². The smallest absolute Gasteiger partial charge is 0.126 e. The van der Waals surface area contributed by atoms with Crippen LogP contribution in [0.3, 0.4) is 0 Å². The van der Waals surface area contributed by atoms with Crippen LogP contribution in [0.1, 0.15) is 0 Å². The van der Waals surface area contributed by atoms with Gasteiger partial charge < -0.3 is 0 Å². The molecule has 0 saturated carbocycles. The van der Waals surface area contributed by atoms with Crippen LogP contribution in [0, 0.1) is 11.6 Å². The molecule has 0 spiro atoms. The molecule has 0 saturated heterocycles. The molecule has 1 aromatic heterocycles. The van der Waals surface area contributed by atoms with E-state index in [4.69, 9.17) is 0 Å². The Morgan fingerprint density at radius 2 is 1.44 bits per heavy atom. The summed E-state index contributed by atoms with van der Waals surface area (Å²) in [5.41, 5.74) is 1.00. The van der Waals surface area contributed by atoms with E-state index in [2.05, 4.69) is 4.98 Å². The minimum absolute atomic E-state index is 0.443. The number of hydrogen-bond donors (Lipinski definition) is 0. The molecule has 0 N–H and O–H groups in total. The zero-order valence-corrected chi connectivity index (χ0v) is 9.40. The van der Waals surface area contributed by atoms with Crippen LogP contribution in [0.15, 0.2) is 54.7 Å². The van der Waals surface area contributed by atoms with Gasteiger partial charge in [0.25, 0.3) is 0 Å².